The first kappa shape index (κ1) is 13.5. The zero-order valence-electron chi connectivity index (χ0n) is 10.3. The van der Waals surface area contributed by atoms with E-state index in [2.05, 4.69) is 20.3 Å². The van der Waals surface area contributed by atoms with Crippen LogP contribution in [0.2, 0.25) is 5.15 Å². The quantitative estimate of drug-likeness (QED) is 0.759. The third kappa shape index (κ3) is 2.32. The highest BCUT2D eigenvalue weighted by Crippen LogP contribution is 2.42. The second-order valence-corrected chi connectivity index (χ2v) is 5.29. The first-order chi connectivity index (χ1) is 9.47. The maximum absolute atomic E-state index is 12.8. The van der Waals surface area contributed by atoms with Crippen molar-refractivity contribution in [1.82, 2.24) is 25.0 Å². The number of hydrogen-bond donors (Lipinski definition) is 0. The molecule has 1 aliphatic carbocycles. The molecular formula is C11H11ClF3N5. The average molecular weight is 306 g/mol. The highest BCUT2D eigenvalue weighted by atomic mass is 35.5. The summed E-state index contributed by atoms with van der Waals surface area (Å²) in [5.74, 6) is -1.29. The van der Waals surface area contributed by atoms with E-state index in [1.807, 2.05) is 0 Å². The van der Waals surface area contributed by atoms with E-state index in [4.69, 9.17) is 11.6 Å². The third-order valence-corrected chi connectivity index (χ3v) is 3.95. The van der Waals surface area contributed by atoms with Crippen LogP contribution >= 0.6 is 11.6 Å². The Hall–Kier alpha value is -1.44. The summed E-state index contributed by atoms with van der Waals surface area (Å²) >= 11 is 5.86. The fraction of sp³-hybridized carbons (Fsp3) is 0.636. The van der Waals surface area contributed by atoms with Gasteiger partial charge in [-0.15, -0.1) is 5.10 Å². The smallest absolute Gasteiger partial charge is 0.224 e. The zero-order chi connectivity index (χ0) is 14.3. The largest absolute Gasteiger partial charge is 0.391 e. The van der Waals surface area contributed by atoms with Crippen LogP contribution in [0.3, 0.4) is 0 Å². The van der Waals surface area contributed by atoms with Crippen molar-refractivity contribution in [1.29, 1.82) is 0 Å². The number of fused-ring (bicyclic) bond motifs is 1. The van der Waals surface area contributed by atoms with Crippen LogP contribution in [-0.2, 0) is 0 Å². The van der Waals surface area contributed by atoms with Gasteiger partial charge in [0, 0.05) is 0 Å². The minimum absolute atomic E-state index is 0.00355. The van der Waals surface area contributed by atoms with Gasteiger partial charge in [0.1, 0.15) is 6.33 Å². The van der Waals surface area contributed by atoms with Crippen molar-refractivity contribution in [3.8, 4) is 0 Å². The van der Waals surface area contributed by atoms with E-state index >= 15 is 0 Å². The van der Waals surface area contributed by atoms with E-state index in [0.717, 1.165) is 0 Å². The number of hydrogen-bond acceptors (Lipinski definition) is 4. The van der Waals surface area contributed by atoms with Crippen LogP contribution in [0.1, 0.15) is 31.7 Å². The second kappa shape index (κ2) is 4.83. The average Bonchev–Trinajstić information content (AvgIpc) is 2.83. The van der Waals surface area contributed by atoms with E-state index in [0.29, 0.717) is 24.0 Å². The molecule has 3 rings (SSSR count). The van der Waals surface area contributed by atoms with Gasteiger partial charge < -0.3 is 0 Å². The SMILES string of the molecule is FC(F)(F)C1CCCC(n2nnc3c(Cl)ncnc32)C1. The van der Waals surface area contributed by atoms with Crippen molar-refractivity contribution in [3.63, 3.8) is 0 Å². The molecule has 0 aromatic carbocycles. The van der Waals surface area contributed by atoms with E-state index < -0.39 is 12.1 Å². The molecule has 2 unspecified atom stereocenters. The molecule has 1 saturated carbocycles. The Kier molecular flexibility index (Phi) is 3.27. The predicted molar refractivity (Wildman–Crippen MR) is 65.2 cm³/mol. The Morgan fingerprint density at radius 3 is 2.80 bits per heavy atom. The second-order valence-electron chi connectivity index (χ2n) is 4.93. The molecule has 5 nitrogen and oxygen atoms in total. The number of aromatic nitrogens is 5. The number of nitrogens with zero attached hydrogens (tertiary/aromatic N) is 5. The lowest BCUT2D eigenvalue weighted by atomic mass is 9.85. The lowest BCUT2D eigenvalue weighted by Gasteiger charge is -2.30. The van der Waals surface area contributed by atoms with Gasteiger partial charge in [0.05, 0.1) is 12.0 Å². The molecule has 20 heavy (non-hydrogen) atoms. The van der Waals surface area contributed by atoms with Gasteiger partial charge in [-0.25, -0.2) is 14.6 Å². The van der Waals surface area contributed by atoms with Gasteiger partial charge in [-0.2, -0.15) is 13.2 Å². The van der Waals surface area contributed by atoms with Crippen LogP contribution in [-0.4, -0.2) is 31.1 Å². The summed E-state index contributed by atoms with van der Waals surface area (Å²) in [5.41, 5.74) is 0.709. The minimum atomic E-state index is -4.16. The van der Waals surface area contributed by atoms with Gasteiger partial charge in [0.2, 0.25) is 0 Å². The number of rotatable bonds is 1. The van der Waals surface area contributed by atoms with Gasteiger partial charge >= 0.3 is 6.18 Å². The van der Waals surface area contributed by atoms with Gasteiger partial charge in [0.25, 0.3) is 0 Å². The molecule has 0 bridgehead atoms. The summed E-state index contributed by atoms with van der Waals surface area (Å²) in [6.07, 6.45) is -1.59. The Bertz CT molecular complexity index is 626. The molecule has 2 heterocycles. The lowest BCUT2D eigenvalue weighted by molar-refractivity contribution is -0.185. The fourth-order valence-corrected chi connectivity index (χ4v) is 2.83. The Balaban J connectivity index is 1.93. The maximum atomic E-state index is 12.8. The predicted octanol–water partition coefficient (Wildman–Crippen LogP) is 3.17. The van der Waals surface area contributed by atoms with Gasteiger partial charge in [-0.3, -0.25) is 0 Å². The lowest BCUT2D eigenvalue weighted by Crippen LogP contribution is -2.30. The molecule has 108 valence electrons. The van der Waals surface area contributed by atoms with Gasteiger partial charge in [-0.1, -0.05) is 23.2 Å². The Morgan fingerprint density at radius 1 is 1.25 bits per heavy atom. The standard InChI is InChI=1S/C11H11ClF3N5/c12-9-8-10(17-5-16-9)20(19-18-8)7-3-1-2-6(4-7)11(13,14)15/h5-7H,1-4H2. The van der Waals surface area contributed by atoms with E-state index in [1.54, 1.807) is 0 Å². The summed E-state index contributed by atoms with van der Waals surface area (Å²) in [6.45, 7) is 0. The molecule has 0 spiro atoms. The first-order valence-electron chi connectivity index (χ1n) is 6.25. The molecule has 0 radical (unpaired) electrons. The molecule has 0 aliphatic heterocycles. The maximum Gasteiger partial charge on any atom is 0.391 e. The molecule has 9 heteroatoms. The molecule has 2 aromatic rings. The molecule has 1 aliphatic rings. The molecule has 2 aromatic heterocycles. The van der Waals surface area contributed by atoms with Crippen LogP contribution in [0.5, 0.6) is 0 Å². The first-order valence-corrected chi connectivity index (χ1v) is 6.62. The number of alkyl halides is 3. The van der Waals surface area contributed by atoms with E-state index in [-0.39, 0.29) is 24.0 Å². The summed E-state index contributed by atoms with van der Waals surface area (Å²) in [7, 11) is 0. The van der Waals surface area contributed by atoms with Crippen LogP contribution in [0.25, 0.3) is 11.2 Å². The van der Waals surface area contributed by atoms with E-state index in [9.17, 15) is 13.2 Å². The van der Waals surface area contributed by atoms with E-state index in [1.165, 1.54) is 11.0 Å². The van der Waals surface area contributed by atoms with Crippen molar-refractivity contribution in [2.24, 2.45) is 5.92 Å². The van der Waals surface area contributed by atoms with Gasteiger partial charge in [0.15, 0.2) is 16.3 Å². The third-order valence-electron chi connectivity index (χ3n) is 3.67. The van der Waals surface area contributed by atoms with Crippen molar-refractivity contribution in [2.45, 2.75) is 37.9 Å². The molecular weight excluding hydrogens is 295 g/mol. The highest BCUT2D eigenvalue weighted by Gasteiger charge is 2.43. The molecule has 0 saturated heterocycles. The summed E-state index contributed by atoms with van der Waals surface area (Å²) in [5, 5.41) is 7.92. The van der Waals surface area contributed by atoms with Crippen molar-refractivity contribution < 1.29 is 13.2 Å². The van der Waals surface area contributed by atoms with Crippen molar-refractivity contribution in [3.05, 3.63) is 11.5 Å². The Labute approximate surface area is 117 Å². The normalized spacial score (nSPS) is 24.2. The van der Waals surface area contributed by atoms with Crippen LogP contribution in [0.4, 0.5) is 13.2 Å². The minimum Gasteiger partial charge on any atom is -0.224 e. The van der Waals surface area contributed by atoms with Crippen molar-refractivity contribution in [2.75, 3.05) is 0 Å². The summed E-state index contributed by atoms with van der Waals surface area (Å²) in [6, 6.07) is -0.355. The van der Waals surface area contributed by atoms with Crippen LogP contribution in [0.15, 0.2) is 6.33 Å². The summed E-state index contributed by atoms with van der Waals surface area (Å²) < 4.78 is 40.0. The van der Waals surface area contributed by atoms with Crippen LogP contribution < -0.4 is 0 Å². The Morgan fingerprint density at radius 2 is 2.05 bits per heavy atom. The summed E-state index contributed by atoms with van der Waals surface area (Å²) in [4.78, 5) is 7.80. The monoisotopic (exact) mass is 305 g/mol. The zero-order valence-corrected chi connectivity index (χ0v) is 11.1. The molecule has 0 N–H and O–H groups in total. The van der Waals surface area contributed by atoms with Gasteiger partial charge in [-0.05, 0) is 19.3 Å². The molecule has 0 amide bonds. The topological polar surface area (TPSA) is 56.5 Å². The highest BCUT2D eigenvalue weighted by molar-refractivity contribution is 6.33. The number of halogens is 4. The molecule has 1 fully saturated rings. The fourth-order valence-electron chi connectivity index (χ4n) is 2.67. The molecule has 2 atom stereocenters. The van der Waals surface area contributed by atoms with Crippen molar-refractivity contribution >= 4 is 22.8 Å². The van der Waals surface area contributed by atoms with Crippen LogP contribution in [0, 0.1) is 5.92 Å².